The summed E-state index contributed by atoms with van der Waals surface area (Å²) in [5.41, 5.74) is -0.0214. The van der Waals surface area contributed by atoms with E-state index in [-0.39, 0.29) is 24.2 Å². The summed E-state index contributed by atoms with van der Waals surface area (Å²) in [6, 6.07) is 2.92. The van der Waals surface area contributed by atoms with Gasteiger partial charge in [0, 0.05) is 18.7 Å². The van der Waals surface area contributed by atoms with Crippen molar-refractivity contribution in [1.82, 2.24) is 10.3 Å². The maximum absolute atomic E-state index is 10.4. The largest absolute Gasteiger partial charge is 0.473 e. The lowest BCUT2D eigenvalue weighted by Crippen LogP contribution is -2.19. The van der Waals surface area contributed by atoms with Crippen molar-refractivity contribution in [3.05, 3.63) is 28.4 Å². The lowest BCUT2D eigenvalue weighted by molar-refractivity contribution is -0.385. The molecule has 88 valence electrons. The molecule has 0 aromatic carbocycles. The van der Waals surface area contributed by atoms with Crippen molar-refractivity contribution < 1.29 is 9.66 Å². The molecule has 1 aromatic rings. The zero-order chi connectivity index (χ0) is 10.7. The van der Waals surface area contributed by atoms with Crippen LogP contribution in [0.3, 0.4) is 0 Å². The summed E-state index contributed by atoms with van der Waals surface area (Å²) in [4.78, 5) is 13.8. The zero-order valence-electron chi connectivity index (χ0n) is 8.46. The van der Waals surface area contributed by atoms with Gasteiger partial charge in [-0.1, -0.05) is 0 Å². The first-order valence-electron chi connectivity index (χ1n) is 4.73. The van der Waals surface area contributed by atoms with Crippen molar-refractivity contribution in [2.45, 2.75) is 12.5 Å². The summed E-state index contributed by atoms with van der Waals surface area (Å²) in [6.07, 6.45) is 2.27. The summed E-state index contributed by atoms with van der Waals surface area (Å²) in [7, 11) is 0. The third-order valence-electron chi connectivity index (χ3n) is 2.23. The number of nitrogens with zero attached hydrogens (tertiary/aromatic N) is 2. The molecule has 2 rings (SSSR count). The molecule has 7 heteroatoms. The number of pyridine rings is 1. The van der Waals surface area contributed by atoms with E-state index in [1.165, 1.54) is 18.3 Å². The van der Waals surface area contributed by atoms with Crippen LogP contribution >= 0.6 is 12.4 Å². The minimum Gasteiger partial charge on any atom is -0.473 e. The van der Waals surface area contributed by atoms with Crippen molar-refractivity contribution in [3.63, 3.8) is 0 Å². The predicted octanol–water partition coefficient (Wildman–Crippen LogP) is 1.15. The average molecular weight is 246 g/mol. The molecule has 0 spiro atoms. The molecule has 1 aliphatic heterocycles. The van der Waals surface area contributed by atoms with E-state index in [1.807, 2.05) is 0 Å². The molecular weight excluding hydrogens is 234 g/mol. The Morgan fingerprint density at radius 2 is 2.38 bits per heavy atom. The van der Waals surface area contributed by atoms with Gasteiger partial charge in [-0.05, 0) is 13.0 Å². The monoisotopic (exact) mass is 245 g/mol. The second kappa shape index (κ2) is 5.62. The van der Waals surface area contributed by atoms with Gasteiger partial charge in [-0.2, -0.15) is 0 Å². The normalized spacial score (nSPS) is 18.9. The fourth-order valence-corrected chi connectivity index (χ4v) is 1.45. The van der Waals surface area contributed by atoms with Crippen LogP contribution in [-0.2, 0) is 0 Å². The Bertz CT molecular complexity index is 352. The van der Waals surface area contributed by atoms with Crippen LogP contribution in [0, 0.1) is 10.1 Å². The van der Waals surface area contributed by atoms with Gasteiger partial charge < -0.3 is 10.1 Å². The van der Waals surface area contributed by atoms with Crippen LogP contribution in [-0.4, -0.2) is 29.1 Å². The van der Waals surface area contributed by atoms with Gasteiger partial charge in [-0.15, -0.1) is 12.4 Å². The second-order valence-electron chi connectivity index (χ2n) is 3.34. The van der Waals surface area contributed by atoms with E-state index >= 15 is 0 Å². The first-order chi connectivity index (χ1) is 7.25. The number of nitro groups is 1. The first kappa shape index (κ1) is 12.7. The lowest BCUT2D eigenvalue weighted by atomic mass is 10.3. The maximum atomic E-state index is 10.4. The molecule has 0 bridgehead atoms. The van der Waals surface area contributed by atoms with Crippen LogP contribution < -0.4 is 10.1 Å². The molecule has 1 atom stereocenters. The number of hydrogen-bond acceptors (Lipinski definition) is 5. The summed E-state index contributed by atoms with van der Waals surface area (Å²) in [5.74, 6) is 0.439. The number of halogens is 1. The van der Waals surface area contributed by atoms with Crippen molar-refractivity contribution in [1.29, 1.82) is 0 Å². The van der Waals surface area contributed by atoms with Crippen LogP contribution in [0.25, 0.3) is 0 Å². The number of ether oxygens (including phenoxy) is 1. The highest BCUT2D eigenvalue weighted by atomic mass is 35.5. The highest BCUT2D eigenvalue weighted by Crippen LogP contribution is 2.16. The molecule has 1 aliphatic rings. The van der Waals surface area contributed by atoms with Gasteiger partial charge in [-0.25, -0.2) is 4.98 Å². The van der Waals surface area contributed by atoms with Crippen molar-refractivity contribution >= 4 is 18.1 Å². The molecule has 0 aliphatic carbocycles. The fraction of sp³-hybridized carbons (Fsp3) is 0.444. The molecule has 6 nitrogen and oxygen atoms in total. The average Bonchev–Trinajstić information content (AvgIpc) is 2.71. The van der Waals surface area contributed by atoms with E-state index in [0.29, 0.717) is 5.88 Å². The number of hydrogen-bond donors (Lipinski definition) is 1. The summed E-state index contributed by atoms with van der Waals surface area (Å²) in [6.45, 7) is 1.75. The number of nitrogens with one attached hydrogen (secondary N) is 1. The van der Waals surface area contributed by atoms with Crippen LogP contribution in [0.5, 0.6) is 5.88 Å². The molecule has 0 unspecified atom stereocenters. The van der Waals surface area contributed by atoms with E-state index < -0.39 is 4.92 Å². The SMILES string of the molecule is Cl.O=[N+]([O-])c1ccc(O[C@H]2CCNC2)nc1. The molecule has 1 saturated heterocycles. The van der Waals surface area contributed by atoms with Crippen molar-refractivity contribution in [2.75, 3.05) is 13.1 Å². The molecule has 1 N–H and O–H groups in total. The van der Waals surface area contributed by atoms with E-state index in [2.05, 4.69) is 10.3 Å². The highest BCUT2D eigenvalue weighted by molar-refractivity contribution is 5.85. The van der Waals surface area contributed by atoms with Gasteiger partial charge in [0.2, 0.25) is 5.88 Å². The Labute approximate surface area is 98.6 Å². The summed E-state index contributed by atoms with van der Waals surface area (Å²) in [5, 5.41) is 13.5. The Kier molecular flexibility index (Phi) is 4.45. The Hall–Kier alpha value is -1.40. The molecule has 2 heterocycles. The van der Waals surface area contributed by atoms with Crippen molar-refractivity contribution in [3.8, 4) is 5.88 Å². The highest BCUT2D eigenvalue weighted by Gasteiger charge is 2.16. The minimum atomic E-state index is -0.478. The van der Waals surface area contributed by atoms with Crippen LogP contribution in [0.15, 0.2) is 18.3 Å². The van der Waals surface area contributed by atoms with E-state index in [0.717, 1.165) is 19.5 Å². The van der Waals surface area contributed by atoms with Gasteiger partial charge in [0.15, 0.2) is 0 Å². The minimum absolute atomic E-state index is 0. The zero-order valence-corrected chi connectivity index (χ0v) is 9.27. The molecule has 1 aromatic heterocycles. The van der Waals surface area contributed by atoms with E-state index in [4.69, 9.17) is 4.74 Å². The molecule has 0 saturated carbocycles. The Morgan fingerprint density at radius 1 is 1.56 bits per heavy atom. The van der Waals surface area contributed by atoms with Gasteiger partial charge >= 0.3 is 0 Å². The molecule has 0 amide bonds. The number of rotatable bonds is 3. The molecule has 16 heavy (non-hydrogen) atoms. The van der Waals surface area contributed by atoms with Gasteiger partial charge in [-0.3, -0.25) is 10.1 Å². The van der Waals surface area contributed by atoms with Crippen LogP contribution in [0.2, 0.25) is 0 Å². The maximum Gasteiger partial charge on any atom is 0.287 e. The standard InChI is InChI=1S/C9H11N3O3.ClH/c13-12(14)7-1-2-9(11-5-7)15-8-3-4-10-6-8;/h1-2,5,8,10H,3-4,6H2;1H/t8-;/m0./s1. The van der Waals surface area contributed by atoms with Gasteiger partial charge in [0.05, 0.1) is 4.92 Å². The predicted molar refractivity (Wildman–Crippen MR) is 60.0 cm³/mol. The third kappa shape index (κ3) is 3.04. The van der Waals surface area contributed by atoms with Crippen LogP contribution in [0.4, 0.5) is 5.69 Å². The Balaban J connectivity index is 0.00000128. The first-order valence-corrected chi connectivity index (χ1v) is 4.73. The van der Waals surface area contributed by atoms with Gasteiger partial charge in [0.1, 0.15) is 12.3 Å². The second-order valence-corrected chi connectivity index (χ2v) is 3.34. The summed E-state index contributed by atoms with van der Waals surface area (Å²) >= 11 is 0. The quantitative estimate of drug-likeness (QED) is 0.639. The molecule has 0 radical (unpaired) electrons. The fourth-order valence-electron chi connectivity index (χ4n) is 1.45. The van der Waals surface area contributed by atoms with Crippen LogP contribution in [0.1, 0.15) is 6.42 Å². The lowest BCUT2D eigenvalue weighted by Gasteiger charge is -2.10. The van der Waals surface area contributed by atoms with Crippen molar-refractivity contribution in [2.24, 2.45) is 0 Å². The molecular formula is C9H12ClN3O3. The Morgan fingerprint density at radius 3 is 2.88 bits per heavy atom. The van der Waals surface area contributed by atoms with E-state index in [1.54, 1.807) is 0 Å². The smallest absolute Gasteiger partial charge is 0.287 e. The third-order valence-corrected chi connectivity index (χ3v) is 2.23. The van der Waals surface area contributed by atoms with Gasteiger partial charge in [0.25, 0.3) is 5.69 Å². The summed E-state index contributed by atoms with van der Waals surface area (Å²) < 4.78 is 5.51. The topological polar surface area (TPSA) is 77.3 Å². The molecule has 1 fully saturated rings. The number of aromatic nitrogens is 1. The van der Waals surface area contributed by atoms with E-state index in [9.17, 15) is 10.1 Å².